The molecule has 0 radical (unpaired) electrons. The molecule has 7 nitrogen and oxygen atoms in total. The molecule has 0 aliphatic rings. The highest BCUT2D eigenvalue weighted by Gasteiger charge is 2.23. The van der Waals surface area contributed by atoms with Gasteiger partial charge >= 0.3 is 5.97 Å². The van der Waals surface area contributed by atoms with Crippen LogP contribution in [0.5, 0.6) is 0 Å². The molecular weight excluding hydrogens is 346 g/mol. The molecule has 0 aliphatic carbocycles. The van der Waals surface area contributed by atoms with E-state index in [4.69, 9.17) is 21.1 Å². The molecule has 1 amide bonds. The molecule has 2 N–H and O–H groups in total. The number of esters is 1. The molecule has 0 unspecified atom stereocenters. The number of methoxy groups -OCH3 is 1. The van der Waals surface area contributed by atoms with Crippen molar-refractivity contribution in [3.05, 3.63) is 45.5 Å². The molecule has 0 atom stereocenters. The average Bonchev–Trinajstić information content (AvgIpc) is 2.86. The first-order valence-corrected chi connectivity index (χ1v) is 8.01. The summed E-state index contributed by atoms with van der Waals surface area (Å²) in [4.78, 5) is 31.6. The fraction of sp³-hybridized carbons (Fsp3) is 0.353. The highest BCUT2D eigenvalue weighted by Crippen LogP contribution is 2.21. The van der Waals surface area contributed by atoms with Crippen LogP contribution in [-0.4, -0.2) is 42.2 Å². The molecule has 2 aromatic rings. The van der Waals surface area contributed by atoms with Gasteiger partial charge in [-0.15, -0.1) is 0 Å². The van der Waals surface area contributed by atoms with Crippen LogP contribution >= 0.6 is 11.6 Å². The molecule has 0 fully saturated rings. The monoisotopic (exact) mass is 365 g/mol. The fourth-order valence-corrected chi connectivity index (χ4v) is 2.50. The minimum absolute atomic E-state index is 0.149. The normalized spacial score (nSPS) is 10.6. The standard InChI is InChI=1S/C17H20ClN3O4/c1-9-7-12(8-19-15(9)18)21-16(22)14-10(2)13(11(3)20-14)17(23)25-6-5-24-4/h7-8,20H,5-6H2,1-4H3,(H,21,22). The Hall–Kier alpha value is -2.38. The van der Waals surface area contributed by atoms with E-state index in [1.807, 2.05) is 0 Å². The molecular formula is C17H20ClN3O4. The number of carbonyl (C=O) groups is 2. The molecule has 2 rings (SSSR count). The smallest absolute Gasteiger partial charge is 0.340 e. The highest BCUT2D eigenvalue weighted by atomic mass is 35.5. The van der Waals surface area contributed by atoms with Crippen molar-refractivity contribution in [2.45, 2.75) is 20.8 Å². The first kappa shape index (κ1) is 19.0. The Morgan fingerprint density at radius 3 is 2.64 bits per heavy atom. The third-order valence-electron chi connectivity index (χ3n) is 3.66. The number of aromatic amines is 1. The first-order valence-electron chi connectivity index (χ1n) is 7.63. The van der Waals surface area contributed by atoms with Gasteiger partial charge in [0.1, 0.15) is 17.5 Å². The number of anilines is 1. The van der Waals surface area contributed by atoms with Gasteiger partial charge in [-0.2, -0.15) is 0 Å². The summed E-state index contributed by atoms with van der Waals surface area (Å²) in [5, 5.41) is 3.12. The molecule has 2 heterocycles. The van der Waals surface area contributed by atoms with Crippen LogP contribution in [0.3, 0.4) is 0 Å². The number of ether oxygens (including phenoxy) is 2. The van der Waals surface area contributed by atoms with Crippen molar-refractivity contribution < 1.29 is 19.1 Å². The van der Waals surface area contributed by atoms with E-state index in [9.17, 15) is 9.59 Å². The largest absolute Gasteiger partial charge is 0.460 e. The summed E-state index contributed by atoms with van der Waals surface area (Å²) in [6.07, 6.45) is 1.47. The van der Waals surface area contributed by atoms with Crippen LogP contribution < -0.4 is 5.32 Å². The number of nitrogens with zero attached hydrogens (tertiary/aromatic N) is 1. The number of rotatable bonds is 6. The first-order chi connectivity index (χ1) is 11.8. The van der Waals surface area contributed by atoms with Crippen LogP contribution in [0.2, 0.25) is 5.15 Å². The van der Waals surface area contributed by atoms with Gasteiger partial charge in [0.25, 0.3) is 5.91 Å². The Morgan fingerprint density at radius 1 is 1.28 bits per heavy atom. The van der Waals surface area contributed by atoms with Gasteiger partial charge in [0.05, 0.1) is 24.1 Å². The van der Waals surface area contributed by atoms with Gasteiger partial charge in [-0.25, -0.2) is 9.78 Å². The van der Waals surface area contributed by atoms with Crippen molar-refractivity contribution in [1.82, 2.24) is 9.97 Å². The summed E-state index contributed by atoms with van der Waals surface area (Å²) >= 11 is 5.88. The van der Waals surface area contributed by atoms with Gasteiger partial charge in [-0.1, -0.05) is 11.6 Å². The second-order valence-electron chi connectivity index (χ2n) is 5.54. The van der Waals surface area contributed by atoms with Gasteiger partial charge in [-0.05, 0) is 38.0 Å². The SMILES string of the molecule is COCCOC(=O)c1c(C)[nH]c(C(=O)Nc2cnc(Cl)c(C)c2)c1C. The number of amides is 1. The quantitative estimate of drug-likeness (QED) is 0.466. The van der Waals surface area contributed by atoms with E-state index >= 15 is 0 Å². The van der Waals surface area contributed by atoms with Crippen LogP contribution in [0, 0.1) is 20.8 Å². The van der Waals surface area contributed by atoms with Gasteiger partial charge in [0, 0.05) is 12.8 Å². The average molecular weight is 366 g/mol. The van der Waals surface area contributed by atoms with Gasteiger partial charge < -0.3 is 19.8 Å². The Bertz CT molecular complexity index is 801. The molecule has 0 bridgehead atoms. The minimum atomic E-state index is -0.494. The van der Waals surface area contributed by atoms with E-state index in [1.165, 1.54) is 13.3 Å². The lowest BCUT2D eigenvalue weighted by molar-refractivity contribution is 0.0387. The second-order valence-corrected chi connectivity index (χ2v) is 5.90. The molecule has 8 heteroatoms. The number of hydrogen-bond acceptors (Lipinski definition) is 5. The number of hydrogen-bond donors (Lipinski definition) is 2. The molecule has 0 aromatic carbocycles. The number of halogens is 1. The van der Waals surface area contributed by atoms with Gasteiger partial charge in [0.15, 0.2) is 0 Å². The van der Waals surface area contributed by atoms with Crippen molar-refractivity contribution in [1.29, 1.82) is 0 Å². The molecule has 134 valence electrons. The fourth-order valence-electron chi connectivity index (χ4n) is 2.39. The third-order valence-corrected chi connectivity index (χ3v) is 4.06. The maximum atomic E-state index is 12.5. The molecule has 2 aromatic heterocycles. The van der Waals surface area contributed by atoms with E-state index in [2.05, 4.69) is 15.3 Å². The summed E-state index contributed by atoms with van der Waals surface area (Å²) in [6, 6.07) is 1.72. The summed E-state index contributed by atoms with van der Waals surface area (Å²) in [5.74, 6) is -0.869. The topological polar surface area (TPSA) is 93.3 Å². The van der Waals surface area contributed by atoms with Crippen LogP contribution in [-0.2, 0) is 9.47 Å². The maximum absolute atomic E-state index is 12.5. The number of nitrogens with one attached hydrogen (secondary N) is 2. The molecule has 25 heavy (non-hydrogen) atoms. The second kappa shape index (κ2) is 8.13. The van der Waals surface area contributed by atoms with E-state index < -0.39 is 5.97 Å². The van der Waals surface area contributed by atoms with Crippen LogP contribution in [0.1, 0.15) is 37.7 Å². The van der Waals surface area contributed by atoms with Crippen LogP contribution in [0.15, 0.2) is 12.3 Å². The van der Waals surface area contributed by atoms with Crippen molar-refractivity contribution in [3.8, 4) is 0 Å². The van der Waals surface area contributed by atoms with Crippen molar-refractivity contribution in [2.24, 2.45) is 0 Å². The van der Waals surface area contributed by atoms with E-state index in [1.54, 1.807) is 26.8 Å². The highest BCUT2D eigenvalue weighted by molar-refractivity contribution is 6.30. The summed E-state index contributed by atoms with van der Waals surface area (Å²) in [5.41, 5.74) is 3.01. The number of aryl methyl sites for hydroxylation is 2. The van der Waals surface area contributed by atoms with E-state index in [0.717, 1.165) is 5.56 Å². The number of H-pyrrole nitrogens is 1. The van der Waals surface area contributed by atoms with Gasteiger partial charge in [-0.3, -0.25) is 4.79 Å². The zero-order valence-corrected chi connectivity index (χ0v) is 15.3. The molecule has 0 saturated heterocycles. The van der Waals surface area contributed by atoms with Crippen molar-refractivity contribution in [2.75, 3.05) is 25.6 Å². The third kappa shape index (κ3) is 4.37. The Morgan fingerprint density at radius 2 is 2.00 bits per heavy atom. The Labute approximate surface area is 150 Å². The van der Waals surface area contributed by atoms with Crippen molar-refractivity contribution >= 4 is 29.2 Å². The molecule has 0 spiro atoms. The number of carbonyl (C=O) groups excluding carboxylic acids is 2. The van der Waals surface area contributed by atoms with E-state index in [0.29, 0.717) is 40.0 Å². The zero-order chi connectivity index (χ0) is 18.6. The summed E-state index contributed by atoms with van der Waals surface area (Å²) in [7, 11) is 1.52. The lowest BCUT2D eigenvalue weighted by atomic mass is 10.1. The Kier molecular flexibility index (Phi) is 6.17. The molecule has 0 aliphatic heterocycles. The summed E-state index contributed by atoms with van der Waals surface area (Å²) < 4.78 is 9.98. The summed E-state index contributed by atoms with van der Waals surface area (Å²) in [6.45, 7) is 5.66. The lowest BCUT2D eigenvalue weighted by Crippen LogP contribution is -2.15. The predicted octanol–water partition coefficient (Wildman–Crippen LogP) is 3.04. The maximum Gasteiger partial charge on any atom is 0.340 e. The molecule has 0 saturated carbocycles. The zero-order valence-electron chi connectivity index (χ0n) is 14.5. The van der Waals surface area contributed by atoms with Crippen LogP contribution in [0.4, 0.5) is 5.69 Å². The van der Waals surface area contributed by atoms with Gasteiger partial charge in [0.2, 0.25) is 0 Å². The minimum Gasteiger partial charge on any atom is -0.460 e. The van der Waals surface area contributed by atoms with E-state index in [-0.39, 0.29) is 12.5 Å². The predicted molar refractivity (Wildman–Crippen MR) is 94.4 cm³/mol. The van der Waals surface area contributed by atoms with Crippen LogP contribution in [0.25, 0.3) is 0 Å². The number of aromatic nitrogens is 2. The number of pyridine rings is 1. The van der Waals surface area contributed by atoms with Crippen molar-refractivity contribution in [3.63, 3.8) is 0 Å². The lowest BCUT2D eigenvalue weighted by Gasteiger charge is -2.07. The Balaban J connectivity index is 2.19.